The summed E-state index contributed by atoms with van der Waals surface area (Å²) in [5.74, 6) is -0.137. The van der Waals surface area contributed by atoms with Gasteiger partial charge in [-0.3, -0.25) is 14.4 Å². The van der Waals surface area contributed by atoms with Crippen LogP contribution in [0.1, 0.15) is 97.8 Å². The number of esters is 2. The monoisotopic (exact) mass is 399 g/mol. The van der Waals surface area contributed by atoms with Crippen LogP contribution in [0.4, 0.5) is 0 Å². The fraction of sp³-hybridized carbons (Fsp3) is 0.864. The molecule has 164 valence electrons. The van der Waals surface area contributed by atoms with E-state index in [0.29, 0.717) is 45.4 Å². The summed E-state index contributed by atoms with van der Waals surface area (Å²) in [6, 6.07) is -0.363. The highest BCUT2D eigenvalue weighted by Gasteiger charge is 2.19. The first-order valence-corrected chi connectivity index (χ1v) is 11.1. The number of nitrogens with one attached hydrogen (secondary N) is 1. The van der Waals surface area contributed by atoms with Crippen molar-refractivity contribution in [1.29, 1.82) is 0 Å². The Kier molecular flexibility index (Phi) is 17.9. The van der Waals surface area contributed by atoms with Crippen molar-refractivity contribution < 1.29 is 23.9 Å². The maximum Gasteiger partial charge on any atom is 0.323 e. The molecule has 0 fully saturated rings. The zero-order valence-corrected chi connectivity index (χ0v) is 18.2. The SMILES string of the molecule is CCCCCCC(=O)CCNC(CCCCCCC(=O)OCC)C(=O)OCC. The fourth-order valence-corrected chi connectivity index (χ4v) is 3.01. The number of hydrogen-bond acceptors (Lipinski definition) is 6. The standard InChI is InChI=1S/C22H41NO5/c1-4-7-8-11-14-19(24)17-18-23-20(22(26)28-6-3)15-12-9-10-13-16-21(25)27-5-2/h20,23H,4-18H2,1-3H3. The number of unbranched alkanes of at least 4 members (excludes halogenated alkanes) is 6. The molecule has 1 N–H and O–H groups in total. The van der Waals surface area contributed by atoms with Crippen molar-refractivity contribution >= 4 is 17.7 Å². The van der Waals surface area contributed by atoms with E-state index in [2.05, 4.69) is 12.2 Å². The van der Waals surface area contributed by atoms with E-state index in [1.54, 1.807) is 13.8 Å². The number of rotatable bonds is 19. The molecule has 0 aliphatic carbocycles. The van der Waals surface area contributed by atoms with E-state index in [4.69, 9.17) is 9.47 Å². The van der Waals surface area contributed by atoms with E-state index in [9.17, 15) is 14.4 Å². The third-order valence-corrected chi connectivity index (χ3v) is 4.60. The highest BCUT2D eigenvalue weighted by atomic mass is 16.5. The van der Waals surface area contributed by atoms with Gasteiger partial charge in [0.1, 0.15) is 11.8 Å². The molecule has 1 unspecified atom stereocenters. The van der Waals surface area contributed by atoms with Crippen LogP contribution >= 0.6 is 0 Å². The van der Waals surface area contributed by atoms with Gasteiger partial charge in [-0.25, -0.2) is 0 Å². The Morgan fingerprint density at radius 3 is 2.07 bits per heavy atom. The van der Waals surface area contributed by atoms with Gasteiger partial charge in [0.2, 0.25) is 0 Å². The molecule has 0 amide bonds. The Balaban J connectivity index is 4.01. The van der Waals surface area contributed by atoms with Gasteiger partial charge in [-0.15, -0.1) is 0 Å². The van der Waals surface area contributed by atoms with Crippen molar-refractivity contribution in [3.63, 3.8) is 0 Å². The number of Topliss-reactive ketones (excluding diaryl/α,β-unsaturated/α-hetero) is 1. The van der Waals surface area contributed by atoms with Crippen molar-refractivity contribution in [2.45, 2.75) is 104 Å². The summed E-state index contributed by atoms with van der Waals surface area (Å²) in [6.07, 6.45) is 10.2. The van der Waals surface area contributed by atoms with E-state index in [0.717, 1.165) is 38.5 Å². The Bertz CT molecular complexity index is 425. The van der Waals surface area contributed by atoms with Crippen LogP contribution in [0.25, 0.3) is 0 Å². The van der Waals surface area contributed by atoms with Crippen molar-refractivity contribution in [3.8, 4) is 0 Å². The second-order valence-corrected chi connectivity index (χ2v) is 7.12. The van der Waals surface area contributed by atoms with Gasteiger partial charge in [0.25, 0.3) is 0 Å². The first-order valence-electron chi connectivity index (χ1n) is 11.1. The van der Waals surface area contributed by atoms with Crippen LogP contribution in [0.5, 0.6) is 0 Å². The molecule has 0 saturated heterocycles. The molecular formula is C22H41NO5. The molecular weight excluding hydrogens is 358 g/mol. The molecule has 0 bridgehead atoms. The maximum atomic E-state index is 12.1. The number of hydrogen-bond donors (Lipinski definition) is 1. The topological polar surface area (TPSA) is 81.7 Å². The van der Waals surface area contributed by atoms with Crippen molar-refractivity contribution in [3.05, 3.63) is 0 Å². The van der Waals surface area contributed by atoms with E-state index in [1.807, 2.05) is 0 Å². The molecule has 0 aromatic heterocycles. The van der Waals surface area contributed by atoms with Gasteiger partial charge < -0.3 is 14.8 Å². The van der Waals surface area contributed by atoms with E-state index < -0.39 is 0 Å². The number of ether oxygens (including phenoxy) is 2. The third-order valence-electron chi connectivity index (χ3n) is 4.60. The molecule has 0 spiro atoms. The van der Waals surface area contributed by atoms with E-state index >= 15 is 0 Å². The molecule has 6 heteroatoms. The highest BCUT2D eigenvalue weighted by Crippen LogP contribution is 2.10. The quantitative estimate of drug-likeness (QED) is 0.257. The lowest BCUT2D eigenvalue weighted by Gasteiger charge is -2.17. The summed E-state index contributed by atoms with van der Waals surface area (Å²) < 4.78 is 10.0. The Morgan fingerprint density at radius 1 is 0.750 bits per heavy atom. The second kappa shape index (κ2) is 18.9. The number of ketones is 1. The minimum atomic E-state index is -0.363. The largest absolute Gasteiger partial charge is 0.466 e. The van der Waals surface area contributed by atoms with Crippen LogP contribution in [-0.2, 0) is 23.9 Å². The molecule has 0 heterocycles. The van der Waals surface area contributed by atoms with Gasteiger partial charge in [0, 0.05) is 25.8 Å². The second-order valence-electron chi connectivity index (χ2n) is 7.12. The van der Waals surface area contributed by atoms with E-state index in [1.165, 1.54) is 12.8 Å². The van der Waals surface area contributed by atoms with Crippen LogP contribution < -0.4 is 5.32 Å². The van der Waals surface area contributed by atoms with Crippen LogP contribution in [0.15, 0.2) is 0 Å². The number of carbonyl (C=O) groups excluding carboxylic acids is 3. The predicted molar refractivity (Wildman–Crippen MR) is 111 cm³/mol. The van der Waals surface area contributed by atoms with Gasteiger partial charge in [0.15, 0.2) is 0 Å². The average molecular weight is 400 g/mol. The molecule has 0 aromatic carbocycles. The van der Waals surface area contributed by atoms with Crippen molar-refractivity contribution in [2.24, 2.45) is 0 Å². The summed E-state index contributed by atoms with van der Waals surface area (Å²) in [5.41, 5.74) is 0. The zero-order chi connectivity index (χ0) is 21.0. The average Bonchev–Trinajstić information content (AvgIpc) is 2.66. The summed E-state index contributed by atoms with van der Waals surface area (Å²) in [7, 11) is 0. The normalized spacial score (nSPS) is 11.8. The first kappa shape index (κ1) is 26.6. The summed E-state index contributed by atoms with van der Waals surface area (Å²) in [5, 5.41) is 3.19. The van der Waals surface area contributed by atoms with Crippen molar-refractivity contribution in [2.75, 3.05) is 19.8 Å². The lowest BCUT2D eigenvalue weighted by atomic mass is 10.1. The first-order chi connectivity index (χ1) is 13.5. The smallest absolute Gasteiger partial charge is 0.323 e. The van der Waals surface area contributed by atoms with Crippen LogP contribution in [0.3, 0.4) is 0 Å². The zero-order valence-electron chi connectivity index (χ0n) is 18.2. The predicted octanol–water partition coefficient (Wildman–Crippen LogP) is 4.34. The minimum Gasteiger partial charge on any atom is -0.466 e. The molecule has 6 nitrogen and oxygen atoms in total. The third kappa shape index (κ3) is 15.6. The fourth-order valence-electron chi connectivity index (χ4n) is 3.01. The lowest BCUT2D eigenvalue weighted by Crippen LogP contribution is -2.39. The summed E-state index contributed by atoms with van der Waals surface area (Å²) in [6.45, 7) is 7.05. The molecule has 28 heavy (non-hydrogen) atoms. The molecule has 1 atom stereocenters. The Hall–Kier alpha value is -1.43. The molecule has 0 aliphatic rings. The van der Waals surface area contributed by atoms with E-state index in [-0.39, 0.29) is 23.8 Å². The van der Waals surface area contributed by atoms with Gasteiger partial charge >= 0.3 is 11.9 Å². The molecule has 0 radical (unpaired) electrons. The summed E-state index contributed by atoms with van der Waals surface area (Å²) in [4.78, 5) is 35.3. The van der Waals surface area contributed by atoms with Gasteiger partial charge in [-0.1, -0.05) is 45.4 Å². The lowest BCUT2D eigenvalue weighted by molar-refractivity contribution is -0.146. The van der Waals surface area contributed by atoms with Gasteiger partial charge in [-0.05, 0) is 33.1 Å². The van der Waals surface area contributed by atoms with Gasteiger partial charge in [-0.2, -0.15) is 0 Å². The molecule has 0 rings (SSSR count). The number of carbonyl (C=O) groups is 3. The van der Waals surface area contributed by atoms with Crippen LogP contribution in [-0.4, -0.2) is 43.5 Å². The highest BCUT2D eigenvalue weighted by molar-refractivity contribution is 5.79. The maximum absolute atomic E-state index is 12.1. The molecule has 0 aliphatic heterocycles. The Labute approximate surface area is 171 Å². The van der Waals surface area contributed by atoms with Gasteiger partial charge in [0.05, 0.1) is 13.2 Å². The summed E-state index contributed by atoms with van der Waals surface area (Å²) >= 11 is 0. The van der Waals surface area contributed by atoms with Crippen LogP contribution in [0, 0.1) is 0 Å². The Morgan fingerprint density at radius 2 is 1.39 bits per heavy atom. The minimum absolute atomic E-state index is 0.145. The van der Waals surface area contributed by atoms with Crippen LogP contribution in [0.2, 0.25) is 0 Å². The van der Waals surface area contributed by atoms with Crippen molar-refractivity contribution in [1.82, 2.24) is 5.32 Å². The molecule has 0 saturated carbocycles. The molecule has 0 aromatic rings.